The first kappa shape index (κ1) is 18.2. The highest BCUT2D eigenvalue weighted by atomic mass is 16.5. The highest BCUT2D eigenvalue weighted by Gasteiger charge is 2.20. The van der Waals surface area contributed by atoms with Gasteiger partial charge in [-0.1, -0.05) is 25.1 Å². The molecule has 2 aromatic heterocycles. The highest BCUT2D eigenvalue weighted by Crippen LogP contribution is 2.28. The number of ether oxygens (including phenoxy) is 1. The van der Waals surface area contributed by atoms with Gasteiger partial charge in [-0.3, -0.25) is 4.79 Å². The van der Waals surface area contributed by atoms with Crippen molar-refractivity contribution in [3.8, 4) is 17.1 Å². The second-order valence-electron chi connectivity index (χ2n) is 7.00. The number of rotatable bonds is 7. The summed E-state index contributed by atoms with van der Waals surface area (Å²) >= 11 is 0. The van der Waals surface area contributed by atoms with Gasteiger partial charge in [-0.25, -0.2) is 9.97 Å². The summed E-state index contributed by atoms with van der Waals surface area (Å²) in [5.74, 6) is 2.24. The number of aryl methyl sites for hydroxylation is 1. The molecule has 0 radical (unpaired) electrons. The fraction of sp³-hybridized carbons (Fsp3) is 0.318. The van der Waals surface area contributed by atoms with E-state index in [0.29, 0.717) is 24.9 Å². The Bertz CT molecular complexity index is 994. The molecule has 2 heterocycles. The molecule has 0 unspecified atom stereocenters. The molecule has 6 nitrogen and oxygen atoms in total. The molecule has 0 saturated heterocycles. The van der Waals surface area contributed by atoms with Crippen LogP contribution in [0.15, 0.2) is 53.5 Å². The molecule has 0 amide bonds. The smallest absolute Gasteiger partial charge is 0.251 e. The Morgan fingerprint density at radius 3 is 2.79 bits per heavy atom. The van der Waals surface area contributed by atoms with E-state index in [9.17, 15) is 4.79 Å². The summed E-state index contributed by atoms with van der Waals surface area (Å²) in [6, 6.07) is 13.4. The number of H-pyrrole nitrogens is 1. The summed E-state index contributed by atoms with van der Waals surface area (Å²) in [6.45, 7) is 2.61. The van der Waals surface area contributed by atoms with Crippen LogP contribution in [0, 0.1) is 0 Å². The lowest BCUT2D eigenvalue weighted by Crippen LogP contribution is -2.25. The number of aromatic nitrogens is 3. The van der Waals surface area contributed by atoms with E-state index in [1.165, 1.54) is 12.5 Å². The number of hydrogen-bond donors (Lipinski definition) is 2. The zero-order valence-corrected chi connectivity index (χ0v) is 15.9. The third-order valence-corrected chi connectivity index (χ3v) is 4.97. The minimum atomic E-state index is -0.146. The van der Waals surface area contributed by atoms with Crippen LogP contribution < -0.4 is 15.6 Å². The van der Waals surface area contributed by atoms with E-state index >= 15 is 0 Å². The van der Waals surface area contributed by atoms with Crippen molar-refractivity contribution in [3.05, 3.63) is 70.3 Å². The minimum absolute atomic E-state index is 0.146. The molecule has 0 bridgehead atoms. The van der Waals surface area contributed by atoms with Crippen LogP contribution in [0.5, 0.6) is 5.75 Å². The molecular formula is C22H24N4O2. The number of benzene rings is 1. The molecule has 0 atom stereocenters. The van der Waals surface area contributed by atoms with Crippen molar-refractivity contribution in [1.29, 1.82) is 0 Å². The number of nitrogens with zero attached hydrogens (tertiary/aromatic N) is 2. The summed E-state index contributed by atoms with van der Waals surface area (Å²) in [5, 5.41) is 3.34. The van der Waals surface area contributed by atoms with Gasteiger partial charge in [-0.2, -0.15) is 0 Å². The molecule has 4 rings (SSSR count). The number of aromatic amines is 1. The normalized spacial score (nSPS) is 13.8. The summed E-state index contributed by atoms with van der Waals surface area (Å²) in [4.78, 5) is 23.5. The molecular weight excluding hydrogens is 352 g/mol. The van der Waals surface area contributed by atoms with E-state index < -0.39 is 0 Å². The molecule has 1 fully saturated rings. The van der Waals surface area contributed by atoms with Gasteiger partial charge in [-0.15, -0.1) is 0 Å². The molecule has 3 aromatic rings. The fourth-order valence-electron chi connectivity index (χ4n) is 3.08. The maximum atomic E-state index is 11.8. The Hall–Kier alpha value is -3.15. The van der Waals surface area contributed by atoms with Gasteiger partial charge in [0.25, 0.3) is 5.56 Å². The zero-order chi connectivity index (χ0) is 19.3. The molecule has 2 N–H and O–H groups in total. The standard InChI is InChI=1S/C22H24N4O2/c1-2-17-12-21(27)26-22(25-17)16-10-11-20(24-14-16)23-13-15-6-3-4-9-19(15)28-18-7-5-8-18/h3-4,6,9-12,14,18H,2,5,7-8,13H2,1H3,(H,23,24)(H,25,26,27). The van der Waals surface area contributed by atoms with Crippen molar-refractivity contribution < 1.29 is 4.74 Å². The molecule has 1 aliphatic rings. The van der Waals surface area contributed by atoms with Gasteiger partial charge >= 0.3 is 0 Å². The van der Waals surface area contributed by atoms with Crippen LogP contribution in [0.1, 0.15) is 37.4 Å². The lowest BCUT2D eigenvalue weighted by molar-refractivity contribution is 0.119. The fourth-order valence-corrected chi connectivity index (χ4v) is 3.08. The second kappa shape index (κ2) is 8.25. The number of para-hydroxylation sites is 1. The Kier molecular flexibility index (Phi) is 5.37. The number of pyridine rings is 1. The van der Waals surface area contributed by atoms with Crippen molar-refractivity contribution in [2.24, 2.45) is 0 Å². The van der Waals surface area contributed by atoms with Gasteiger partial charge in [0.1, 0.15) is 17.4 Å². The Morgan fingerprint density at radius 1 is 1.21 bits per heavy atom. The van der Waals surface area contributed by atoms with Crippen LogP contribution >= 0.6 is 0 Å². The minimum Gasteiger partial charge on any atom is -0.490 e. The highest BCUT2D eigenvalue weighted by molar-refractivity contribution is 5.56. The summed E-state index contributed by atoms with van der Waals surface area (Å²) in [5.41, 5.74) is 2.52. The molecule has 28 heavy (non-hydrogen) atoms. The van der Waals surface area contributed by atoms with Gasteiger partial charge in [0, 0.05) is 35.6 Å². The van der Waals surface area contributed by atoms with Crippen molar-refractivity contribution >= 4 is 5.82 Å². The van der Waals surface area contributed by atoms with Crippen LogP contribution in [-0.2, 0) is 13.0 Å². The first-order valence-electron chi connectivity index (χ1n) is 9.76. The van der Waals surface area contributed by atoms with Crippen molar-refractivity contribution in [3.63, 3.8) is 0 Å². The Morgan fingerprint density at radius 2 is 2.07 bits per heavy atom. The molecule has 1 aliphatic carbocycles. The van der Waals surface area contributed by atoms with E-state index in [0.717, 1.165) is 41.2 Å². The SMILES string of the molecule is CCc1cc(=O)[nH]c(-c2ccc(NCc3ccccc3OC3CCC3)nc2)n1. The molecule has 6 heteroatoms. The lowest BCUT2D eigenvalue weighted by Gasteiger charge is -2.27. The molecule has 144 valence electrons. The van der Waals surface area contributed by atoms with Crippen LogP contribution in [0.25, 0.3) is 11.4 Å². The molecule has 0 spiro atoms. The van der Waals surface area contributed by atoms with Crippen LogP contribution in [-0.4, -0.2) is 21.1 Å². The number of anilines is 1. The van der Waals surface area contributed by atoms with Crippen molar-refractivity contribution in [2.75, 3.05) is 5.32 Å². The average Bonchev–Trinajstić information content (AvgIpc) is 2.69. The van der Waals surface area contributed by atoms with E-state index in [-0.39, 0.29) is 5.56 Å². The predicted octanol–water partition coefficient (Wildman–Crippen LogP) is 3.94. The summed E-state index contributed by atoms with van der Waals surface area (Å²) in [7, 11) is 0. The molecule has 1 saturated carbocycles. The van der Waals surface area contributed by atoms with Gasteiger partial charge in [0.05, 0.1) is 6.10 Å². The Balaban J connectivity index is 1.44. The summed E-state index contributed by atoms with van der Waals surface area (Å²) < 4.78 is 6.08. The lowest BCUT2D eigenvalue weighted by atomic mass is 9.96. The van der Waals surface area contributed by atoms with Crippen molar-refractivity contribution in [2.45, 2.75) is 45.3 Å². The monoisotopic (exact) mass is 376 g/mol. The van der Waals surface area contributed by atoms with Gasteiger partial charge in [0.15, 0.2) is 0 Å². The van der Waals surface area contributed by atoms with E-state index in [4.69, 9.17) is 4.74 Å². The average molecular weight is 376 g/mol. The second-order valence-corrected chi connectivity index (χ2v) is 7.00. The van der Waals surface area contributed by atoms with Gasteiger partial charge < -0.3 is 15.0 Å². The maximum absolute atomic E-state index is 11.8. The van der Waals surface area contributed by atoms with E-state index in [1.54, 1.807) is 6.20 Å². The van der Waals surface area contributed by atoms with Gasteiger partial charge in [-0.05, 0) is 43.9 Å². The van der Waals surface area contributed by atoms with Crippen molar-refractivity contribution in [1.82, 2.24) is 15.0 Å². The van der Waals surface area contributed by atoms with Gasteiger partial charge in [0.2, 0.25) is 0 Å². The quantitative estimate of drug-likeness (QED) is 0.653. The number of nitrogens with one attached hydrogen (secondary N) is 2. The third kappa shape index (κ3) is 4.22. The maximum Gasteiger partial charge on any atom is 0.251 e. The first-order chi connectivity index (χ1) is 13.7. The number of hydrogen-bond acceptors (Lipinski definition) is 5. The largest absolute Gasteiger partial charge is 0.490 e. The van der Waals surface area contributed by atoms with Crippen LogP contribution in [0.2, 0.25) is 0 Å². The van der Waals surface area contributed by atoms with Crippen LogP contribution in [0.4, 0.5) is 5.82 Å². The van der Waals surface area contributed by atoms with Crippen LogP contribution in [0.3, 0.4) is 0 Å². The summed E-state index contributed by atoms with van der Waals surface area (Å²) in [6.07, 6.45) is 6.32. The Labute approximate surface area is 164 Å². The zero-order valence-electron chi connectivity index (χ0n) is 15.9. The third-order valence-electron chi connectivity index (χ3n) is 4.97. The van der Waals surface area contributed by atoms with E-state index in [2.05, 4.69) is 26.3 Å². The topological polar surface area (TPSA) is 79.9 Å². The molecule has 0 aliphatic heterocycles. The predicted molar refractivity (Wildman–Crippen MR) is 110 cm³/mol. The molecule has 1 aromatic carbocycles. The van der Waals surface area contributed by atoms with E-state index in [1.807, 2.05) is 37.3 Å². The first-order valence-corrected chi connectivity index (χ1v) is 9.76.